The predicted octanol–water partition coefficient (Wildman–Crippen LogP) is 3.58. The van der Waals surface area contributed by atoms with Crippen LogP contribution in [0.15, 0.2) is 55.0 Å². The number of rotatable bonds is 4. The van der Waals surface area contributed by atoms with Crippen LogP contribution in [0.2, 0.25) is 0 Å². The van der Waals surface area contributed by atoms with E-state index in [-0.39, 0.29) is 12.2 Å². The highest BCUT2D eigenvalue weighted by Crippen LogP contribution is 2.23. The van der Waals surface area contributed by atoms with E-state index in [0.29, 0.717) is 11.6 Å². The topological polar surface area (TPSA) is 61.0 Å². The zero-order valence-corrected chi connectivity index (χ0v) is 12.0. The molecule has 2 heterocycles. The van der Waals surface area contributed by atoms with E-state index in [1.807, 2.05) is 0 Å². The molecule has 3 rings (SSSR count). The Hall–Kier alpha value is -3.02. The lowest BCUT2D eigenvalue weighted by Crippen LogP contribution is -2.02. The van der Waals surface area contributed by atoms with Crippen LogP contribution in [-0.4, -0.2) is 9.97 Å². The molecule has 1 aromatic carbocycles. The molecule has 0 aliphatic heterocycles. The van der Waals surface area contributed by atoms with Crippen molar-refractivity contribution < 1.29 is 13.5 Å². The van der Waals surface area contributed by atoms with Crippen LogP contribution in [-0.2, 0) is 6.61 Å². The maximum atomic E-state index is 13.6. The average Bonchev–Trinajstić information content (AvgIpc) is 2.55. The molecular weight excluding hydrogens is 300 g/mol. The largest absolute Gasteiger partial charge is 0.487 e. The minimum absolute atomic E-state index is 0.118. The van der Waals surface area contributed by atoms with E-state index in [2.05, 4.69) is 9.97 Å². The molecule has 116 valence electrons. The minimum Gasteiger partial charge on any atom is -0.487 e. The van der Waals surface area contributed by atoms with Crippen LogP contribution in [0.3, 0.4) is 0 Å². The Morgan fingerprint density at radius 1 is 0.957 bits per heavy atom. The third kappa shape index (κ3) is 3.42. The van der Waals surface area contributed by atoms with E-state index in [1.54, 1.807) is 30.6 Å². The van der Waals surface area contributed by atoms with Crippen molar-refractivity contribution in [2.24, 2.45) is 0 Å². The molecule has 0 amide bonds. The molecule has 0 aliphatic rings. The summed E-state index contributed by atoms with van der Waals surface area (Å²) in [5, 5.41) is 0. The summed E-state index contributed by atoms with van der Waals surface area (Å²) < 4.78 is 32.6. The first kappa shape index (κ1) is 14.9. The molecule has 0 unspecified atom stereocenters. The predicted molar refractivity (Wildman–Crippen MR) is 82.6 cm³/mol. The maximum absolute atomic E-state index is 13.6. The lowest BCUT2D eigenvalue weighted by Gasteiger charge is -2.09. The second-order valence-corrected chi connectivity index (χ2v) is 4.87. The summed E-state index contributed by atoms with van der Waals surface area (Å²) in [7, 11) is 0. The maximum Gasteiger partial charge on any atom is 0.138 e. The van der Waals surface area contributed by atoms with Crippen LogP contribution in [0.5, 0.6) is 5.75 Å². The molecule has 0 atom stereocenters. The van der Waals surface area contributed by atoms with E-state index in [9.17, 15) is 8.78 Å². The number of hydrogen-bond donors (Lipinski definition) is 1. The van der Waals surface area contributed by atoms with E-state index in [1.165, 1.54) is 24.4 Å². The fourth-order valence-corrected chi connectivity index (χ4v) is 2.06. The molecule has 0 saturated carbocycles. The second kappa shape index (κ2) is 6.39. The number of halogens is 2. The number of nitrogen functional groups attached to an aromatic ring is 1. The van der Waals surface area contributed by atoms with Gasteiger partial charge in [0.15, 0.2) is 0 Å². The zero-order valence-electron chi connectivity index (χ0n) is 12.0. The number of pyridine rings is 2. The van der Waals surface area contributed by atoms with Gasteiger partial charge in [-0.15, -0.1) is 0 Å². The molecule has 3 aromatic rings. The smallest absolute Gasteiger partial charge is 0.138 e. The number of ether oxygens (including phenoxy) is 1. The highest BCUT2D eigenvalue weighted by Gasteiger charge is 2.09. The average molecular weight is 313 g/mol. The first-order chi connectivity index (χ1) is 11.1. The van der Waals surface area contributed by atoms with Gasteiger partial charge in [0.05, 0.1) is 11.8 Å². The van der Waals surface area contributed by atoms with Crippen LogP contribution in [0.4, 0.5) is 14.6 Å². The van der Waals surface area contributed by atoms with E-state index < -0.39 is 11.6 Å². The molecule has 2 aromatic heterocycles. The number of hydrogen-bond acceptors (Lipinski definition) is 4. The summed E-state index contributed by atoms with van der Waals surface area (Å²) in [6, 6.07) is 8.90. The summed E-state index contributed by atoms with van der Waals surface area (Å²) in [6.45, 7) is -0.219. The Balaban J connectivity index is 1.79. The molecule has 4 nitrogen and oxygen atoms in total. The van der Waals surface area contributed by atoms with E-state index in [4.69, 9.17) is 10.5 Å². The fourth-order valence-electron chi connectivity index (χ4n) is 2.06. The lowest BCUT2D eigenvalue weighted by molar-refractivity contribution is 0.291. The zero-order chi connectivity index (χ0) is 16.2. The number of benzene rings is 1. The van der Waals surface area contributed by atoms with Crippen LogP contribution in [0.1, 0.15) is 5.56 Å². The number of aromatic nitrogens is 2. The van der Waals surface area contributed by atoms with Crippen molar-refractivity contribution in [3.8, 4) is 16.9 Å². The molecule has 0 fully saturated rings. The first-order valence-corrected chi connectivity index (χ1v) is 6.86. The van der Waals surface area contributed by atoms with Crippen LogP contribution >= 0.6 is 0 Å². The molecule has 0 radical (unpaired) electrons. The van der Waals surface area contributed by atoms with Gasteiger partial charge in [0, 0.05) is 23.5 Å². The van der Waals surface area contributed by atoms with Gasteiger partial charge in [-0.25, -0.2) is 13.8 Å². The lowest BCUT2D eigenvalue weighted by atomic mass is 10.1. The van der Waals surface area contributed by atoms with Gasteiger partial charge in [0.1, 0.15) is 29.8 Å². The molecule has 6 heteroatoms. The van der Waals surface area contributed by atoms with E-state index >= 15 is 0 Å². The first-order valence-electron chi connectivity index (χ1n) is 6.86. The molecule has 0 saturated heterocycles. The van der Waals surface area contributed by atoms with E-state index in [0.717, 1.165) is 11.1 Å². The van der Waals surface area contributed by atoms with Gasteiger partial charge in [0.2, 0.25) is 0 Å². The van der Waals surface area contributed by atoms with Gasteiger partial charge in [-0.2, -0.15) is 0 Å². The molecule has 0 bridgehead atoms. The molecule has 23 heavy (non-hydrogen) atoms. The quantitative estimate of drug-likeness (QED) is 0.799. The molecule has 0 aliphatic carbocycles. The third-order valence-electron chi connectivity index (χ3n) is 3.28. The highest BCUT2D eigenvalue weighted by atomic mass is 19.1. The molecule has 0 spiro atoms. The number of nitrogens with zero attached hydrogens (tertiary/aromatic N) is 2. The fraction of sp³-hybridized carbons (Fsp3) is 0.0588. The molecular formula is C17H13F2N3O. The van der Waals surface area contributed by atoms with Gasteiger partial charge in [-0.3, -0.25) is 4.98 Å². The van der Waals surface area contributed by atoms with Gasteiger partial charge in [0.25, 0.3) is 0 Å². The monoisotopic (exact) mass is 313 g/mol. The van der Waals surface area contributed by atoms with Crippen molar-refractivity contribution >= 4 is 5.82 Å². The standard InChI is InChI=1S/C17H13F2N3O/c18-15-2-1-3-16(19)14(15)10-23-13-6-12(7-21-9-13)11-4-5-17(20)22-8-11/h1-9H,10H2,(H2,20,22). The van der Waals surface area contributed by atoms with Crippen molar-refractivity contribution in [1.29, 1.82) is 0 Å². The van der Waals surface area contributed by atoms with Gasteiger partial charge in [-0.05, 0) is 30.3 Å². The van der Waals surface area contributed by atoms with Crippen LogP contribution in [0, 0.1) is 11.6 Å². The summed E-state index contributed by atoms with van der Waals surface area (Å²) in [5.41, 5.74) is 7.02. The highest BCUT2D eigenvalue weighted by molar-refractivity contribution is 5.63. The second-order valence-electron chi connectivity index (χ2n) is 4.87. The van der Waals surface area contributed by atoms with Crippen molar-refractivity contribution in [2.75, 3.05) is 5.73 Å². The third-order valence-corrected chi connectivity index (χ3v) is 3.28. The van der Waals surface area contributed by atoms with Crippen LogP contribution < -0.4 is 10.5 Å². The number of nitrogens with two attached hydrogens (primary N) is 1. The Morgan fingerprint density at radius 2 is 1.74 bits per heavy atom. The SMILES string of the molecule is Nc1ccc(-c2cncc(OCc3c(F)cccc3F)c2)cn1. The summed E-state index contributed by atoms with van der Waals surface area (Å²) in [5.74, 6) is -0.459. The summed E-state index contributed by atoms with van der Waals surface area (Å²) in [6.07, 6.45) is 4.74. The van der Waals surface area contributed by atoms with Crippen molar-refractivity contribution in [1.82, 2.24) is 9.97 Å². The van der Waals surface area contributed by atoms with Crippen molar-refractivity contribution in [2.45, 2.75) is 6.61 Å². The summed E-state index contributed by atoms with van der Waals surface area (Å²) in [4.78, 5) is 8.08. The van der Waals surface area contributed by atoms with Gasteiger partial charge in [-0.1, -0.05) is 6.07 Å². The number of anilines is 1. The molecule has 2 N–H and O–H groups in total. The summed E-state index contributed by atoms with van der Waals surface area (Å²) >= 11 is 0. The Morgan fingerprint density at radius 3 is 2.43 bits per heavy atom. The normalized spacial score (nSPS) is 10.5. The minimum atomic E-state index is -0.642. The van der Waals surface area contributed by atoms with Gasteiger partial charge >= 0.3 is 0 Å². The Labute approximate surface area is 131 Å². The van der Waals surface area contributed by atoms with Crippen molar-refractivity contribution in [3.63, 3.8) is 0 Å². The Kier molecular flexibility index (Phi) is 4.14. The Bertz CT molecular complexity index is 802. The van der Waals surface area contributed by atoms with Gasteiger partial charge < -0.3 is 10.5 Å². The van der Waals surface area contributed by atoms with Crippen molar-refractivity contribution in [3.05, 3.63) is 72.2 Å². The van der Waals surface area contributed by atoms with Crippen LogP contribution in [0.25, 0.3) is 11.1 Å².